The summed E-state index contributed by atoms with van der Waals surface area (Å²) in [4.78, 5) is 4.42. The highest BCUT2D eigenvalue weighted by molar-refractivity contribution is 9.09. The summed E-state index contributed by atoms with van der Waals surface area (Å²) < 4.78 is 2.35. The minimum atomic E-state index is 0.453. The van der Waals surface area contributed by atoms with Gasteiger partial charge in [-0.1, -0.05) is 41.6 Å². The normalized spacial score (nSPS) is 20.2. The van der Waals surface area contributed by atoms with Crippen LogP contribution in [0.5, 0.6) is 0 Å². The molecule has 0 saturated heterocycles. The van der Waals surface area contributed by atoms with Gasteiger partial charge in [-0.15, -0.1) is 0 Å². The molecule has 0 N–H and O–H groups in total. The van der Waals surface area contributed by atoms with Crippen LogP contribution in [-0.2, 0) is 6.54 Å². The molecule has 2 nitrogen and oxygen atoms in total. The molecule has 17 heavy (non-hydrogen) atoms. The molecule has 96 valence electrons. The summed E-state index contributed by atoms with van der Waals surface area (Å²) in [5.74, 6) is 0. The Bertz CT molecular complexity index is 362. The van der Waals surface area contributed by atoms with E-state index < -0.39 is 0 Å². The van der Waals surface area contributed by atoms with Crippen LogP contribution in [0.3, 0.4) is 0 Å². The lowest BCUT2D eigenvalue weighted by atomic mass is 9.82. The van der Waals surface area contributed by atoms with Crippen LogP contribution in [0.15, 0.2) is 6.33 Å². The van der Waals surface area contributed by atoms with Gasteiger partial charge >= 0.3 is 0 Å². The van der Waals surface area contributed by atoms with E-state index in [4.69, 9.17) is 0 Å². The fourth-order valence-corrected chi connectivity index (χ4v) is 3.62. The van der Waals surface area contributed by atoms with Gasteiger partial charge in [-0.3, -0.25) is 0 Å². The zero-order chi connectivity index (χ0) is 12.3. The molecule has 1 aromatic rings. The fourth-order valence-electron chi connectivity index (χ4n) is 2.88. The average Bonchev–Trinajstić information content (AvgIpc) is 2.59. The molecule has 1 saturated carbocycles. The minimum Gasteiger partial charge on any atom is -0.334 e. The third kappa shape index (κ3) is 2.93. The third-order valence-electron chi connectivity index (χ3n) is 4.30. The van der Waals surface area contributed by atoms with Crippen LogP contribution in [0.25, 0.3) is 0 Å². The molecule has 1 aromatic heterocycles. The van der Waals surface area contributed by atoms with E-state index in [9.17, 15) is 0 Å². The van der Waals surface area contributed by atoms with Crippen molar-refractivity contribution >= 4 is 15.9 Å². The van der Waals surface area contributed by atoms with Crippen molar-refractivity contribution in [2.75, 3.05) is 5.33 Å². The molecule has 0 spiro atoms. The Morgan fingerprint density at radius 2 is 1.88 bits per heavy atom. The second kappa shape index (κ2) is 5.55. The predicted molar refractivity (Wildman–Crippen MR) is 75.6 cm³/mol. The zero-order valence-corrected chi connectivity index (χ0v) is 12.6. The molecule has 3 heteroatoms. The van der Waals surface area contributed by atoms with E-state index in [1.165, 1.54) is 49.9 Å². The first-order chi connectivity index (χ1) is 8.17. The second-order valence-corrected chi connectivity index (χ2v) is 6.15. The first-order valence-electron chi connectivity index (χ1n) is 6.71. The predicted octanol–water partition coefficient (Wildman–Crippen LogP) is 4.24. The van der Waals surface area contributed by atoms with Gasteiger partial charge in [0.2, 0.25) is 0 Å². The fraction of sp³-hybridized carbons (Fsp3) is 0.786. The van der Waals surface area contributed by atoms with Gasteiger partial charge in [0.1, 0.15) is 0 Å². The maximum atomic E-state index is 4.42. The summed E-state index contributed by atoms with van der Waals surface area (Å²) in [6.45, 7) is 5.41. The number of imidazole rings is 1. The summed E-state index contributed by atoms with van der Waals surface area (Å²) in [5.41, 5.74) is 2.95. The maximum Gasteiger partial charge on any atom is 0.0951 e. The molecule has 0 aliphatic heterocycles. The van der Waals surface area contributed by atoms with Gasteiger partial charge < -0.3 is 4.57 Å². The van der Waals surface area contributed by atoms with Crippen molar-refractivity contribution in [1.82, 2.24) is 9.55 Å². The number of aromatic nitrogens is 2. The van der Waals surface area contributed by atoms with Gasteiger partial charge in [-0.05, 0) is 32.1 Å². The van der Waals surface area contributed by atoms with Crippen LogP contribution in [0.2, 0.25) is 0 Å². The largest absolute Gasteiger partial charge is 0.334 e. The molecule has 0 unspecified atom stereocenters. The standard InChI is InChI=1S/C14H23BrN2/c1-12-13(2)17(11-16-12)10-14(9-15)7-5-3-4-6-8-14/h11H,3-10H2,1-2H3. The molecule has 0 bridgehead atoms. The van der Waals surface area contributed by atoms with Gasteiger partial charge in [-0.2, -0.15) is 0 Å². The van der Waals surface area contributed by atoms with Crippen LogP contribution >= 0.6 is 15.9 Å². The van der Waals surface area contributed by atoms with Crippen molar-refractivity contribution in [1.29, 1.82) is 0 Å². The molecule has 1 aliphatic carbocycles. The smallest absolute Gasteiger partial charge is 0.0951 e. The van der Waals surface area contributed by atoms with E-state index in [0.29, 0.717) is 5.41 Å². The van der Waals surface area contributed by atoms with Gasteiger partial charge in [0.05, 0.1) is 12.0 Å². The molecular formula is C14H23BrN2. The van der Waals surface area contributed by atoms with E-state index >= 15 is 0 Å². The lowest BCUT2D eigenvalue weighted by Crippen LogP contribution is -2.28. The van der Waals surface area contributed by atoms with Crippen molar-refractivity contribution < 1.29 is 0 Å². The highest BCUT2D eigenvalue weighted by Gasteiger charge is 2.30. The van der Waals surface area contributed by atoms with E-state index in [1.54, 1.807) is 0 Å². The molecule has 2 rings (SSSR count). The number of nitrogens with zero attached hydrogens (tertiary/aromatic N) is 2. The lowest BCUT2D eigenvalue weighted by molar-refractivity contribution is 0.240. The number of halogens is 1. The van der Waals surface area contributed by atoms with Crippen molar-refractivity contribution in [2.45, 2.75) is 58.9 Å². The molecule has 0 radical (unpaired) electrons. The zero-order valence-electron chi connectivity index (χ0n) is 11.0. The minimum absolute atomic E-state index is 0.453. The summed E-state index contributed by atoms with van der Waals surface area (Å²) >= 11 is 3.76. The van der Waals surface area contributed by atoms with Crippen molar-refractivity contribution in [3.8, 4) is 0 Å². The van der Waals surface area contributed by atoms with Crippen molar-refractivity contribution in [3.63, 3.8) is 0 Å². The first kappa shape index (κ1) is 13.1. The summed E-state index contributed by atoms with van der Waals surface area (Å²) in [7, 11) is 0. The number of rotatable bonds is 3. The monoisotopic (exact) mass is 298 g/mol. The maximum absolute atomic E-state index is 4.42. The number of hydrogen-bond donors (Lipinski definition) is 0. The summed E-state index contributed by atoms with van der Waals surface area (Å²) in [6.07, 6.45) is 10.3. The van der Waals surface area contributed by atoms with E-state index in [-0.39, 0.29) is 0 Å². The van der Waals surface area contributed by atoms with E-state index in [0.717, 1.165) is 11.9 Å². The Morgan fingerprint density at radius 3 is 2.35 bits per heavy atom. The highest BCUT2D eigenvalue weighted by atomic mass is 79.9. The second-order valence-electron chi connectivity index (χ2n) is 5.59. The van der Waals surface area contributed by atoms with Crippen LogP contribution in [0.4, 0.5) is 0 Å². The van der Waals surface area contributed by atoms with E-state index in [1.807, 2.05) is 6.33 Å². The first-order valence-corrected chi connectivity index (χ1v) is 7.83. The number of hydrogen-bond acceptors (Lipinski definition) is 1. The molecule has 1 aliphatic rings. The van der Waals surface area contributed by atoms with Crippen LogP contribution in [-0.4, -0.2) is 14.9 Å². The SMILES string of the molecule is Cc1ncn(CC2(CBr)CCCCCC2)c1C. The quantitative estimate of drug-likeness (QED) is 0.603. The molecule has 0 amide bonds. The van der Waals surface area contributed by atoms with Gasteiger partial charge in [0.25, 0.3) is 0 Å². The Labute approximate surface area is 113 Å². The van der Waals surface area contributed by atoms with Gasteiger partial charge in [-0.25, -0.2) is 4.98 Å². The van der Waals surface area contributed by atoms with Crippen LogP contribution < -0.4 is 0 Å². The highest BCUT2D eigenvalue weighted by Crippen LogP contribution is 2.38. The van der Waals surface area contributed by atoms with E-state index in [2.05, 4.69) is 39.3 Å². The summed E-state index contributed by atoms with van der Waals surface area (Å²) in [6, 6.07) is 0. The van der Waals surface area contributed by atoms with Crippen LogP contribution in [0.1, 0.15) is 49.9 Å². The molecule has 1 fully saturated rings. The molecule has 1 heterocycles. The van der Waals surface area contributed by atoms with Gasteiger partial charge in [0, 0.05) is 17.6 Å². The molecule has 0 atom stereocenters. The molecule has 0 aromatic carbocycles. The summed E-state index contributed by atoms with van der Waals surface area (Å²) in [5, 5.41) is 1.12. The average molecular weight is 299 g/mol. The Hall–Kier alpha value is -0.310. The third-order valence-corrected chi connectivity index (χ3v) is 5.49. The number of alkyl halides is 1. The Kier molecular flexibility index (Phi) is 4.29. The Balaban J connectivity index is 2.15. The molecular weight excluding hydrogens is 276 g/mol. The Morgan fingerprint density at radius 1 is 1.24 bits per heavy atom. The van der Waals surface area contributed by atoms with Crippen molar-refractivity contribution in [2.24, 2.45) is 5.41 Å². The lowest BCUT2D eigenvalue weighted by Gasteiger charge is -2.31. The van der Waals surface area contributed by atoms with Crippen molar-refractivity contribution in [3.05, 3.63) is 17.7 Å². The van der Waals surface area contributed by atoms with Crippen LogP contribution in [0, 0.1) is 19.3 Å². The van der Waals surface area contributed by atoms with Gasteiger partial charge in [0.15, 0.2) is 0 Å². The number of aryl methyl sites for hydroxylation is 1. The topological polar surface area (TPSA) is 17.8 Å².